The fraction of sp³-hybridized carbons (Fsp3) is 0.500. The molecule has 0 radical (unpaired) electrons. The van der Waals surface area contributed by atoms with Crippen molar-refractivity contribution >= 4 is 21.4 Å². The number of aliphatic carboxylic acids is 1. The van der Waals surface area contributed by atoms with E-state index in [1.54, 1.807) is 12.1 Å². The lowest BCUT2D eigenvalue weighted by molar-refractivity contribution is -0.132. The summed E-state index contributed by atoms with van der Waals surface area (Å²) in [5.41, 5.74) is 1.72. The number of allylic oxidation sites excluding steroid dienone is 1. The fourth-order valence-corrected chi connectivity index (χ4v) is 4.03. The highest BCUT2D eigenvalue weighted by Gasteiger charge is 2.25. The second-order valence-electron chi connectivity index (χ2n) is 6.30. The van der Waals surface area contributed by atoms with Gasteiger partial charge in [-0.3, -0.25) is 0 Å². The molecule has 1 saturated carbocycles. The Labute approximate surface area is 142 Å². The minimum Gasteiger partial charge on any atom is -0.478 e. The van der Waals surface area contributed by atoms with E-state index in [0.717, 1.165) is 49.5 Å². The highest BCUT2D eigenvalue weighted by molar-refractivity contribution is 7.90. The maximum Gasteiger partial charge on any atom is 0.331 e. The number of sulfone groups is 1. The summed E-state index contributed by atoms with van der Waals surface area (Å²) in [6.45, 7) is -0.223. The van der Waals surface area contributed by atoms with Gasteiger partial charge < -0.3 is 10.2 Å². The molecule has 0 aromatic heterocycles. The number of hydrogen-bond acceptors (Lipinski definition) is 4. The SMILES string of the molecule is CS(=O)(=O)c1ccc(C(=C(CCO)C(=O)O)C2CCCCC2)cc1. The maximum atomic E-state index is 11.7. The molecular formula is C18H24O5S. The molecule has 1 fully saturated rings. The smallest absolute Gasteiger partial charge is 0.331 e. The normalized spacial score (nSPS) is 17.4. The summed E-state index contributed by atoms with van der Waals surface area (Å²) < 4.78 is 23.2. The molecule has 6 heteroatoms. The Morgan fingerprint density at radius 1 is 1.12 bits per heavy atom. The largest absolute Gasteiger partial charge is 0.478 e. The molecule has 5 nitrogen and oxygen atoms in total. The van der Waals surface area contributed by atoms with Crippen molar-refractivity contribution in [3.63, 3.8) is 0 Å². The van der Waals surface area contributed by atoms with Crippen molar-refractivity contribution in [1.82, 2.24) is 0 Å². The van der Waals surface area contributed by atoms with Gasteiger partial charge in [-0.2, -0.15) is 0 Å². The van der Waals surface area contributed by atoms with E-state index < -0.39 is 15.8 Å². The van der Waals surface area contributed by atoms with Gasteiger partial charge in [0.25, 0.3) is 0 Å². The van der Waals surface area contributed by atoms with Crippen LogP contribution in [0.2, 0.25) is 0 Å². The van der Waals surface area contributed by atoms with E-state index in [2.05, 4.69) is 0 Å². The molecular weight excluding hydrogens is 328 g/mol. The Bertz CT molecular complexity index is 710. The molecule has 0 bridgehead atoms. The molecule has 1 aromatic rings. The molecule has 0 amide bonds. The van der Waals surface area contributed by atoms with Crippen LogP contribution in [0.3, 0.4) is 0 Å². The predicted molar refractivity (Wildman–Crippen MR) is 92.4 cm³/mol. The highest BCUT2D eigenvalue weighted by atomic mass is 32.2. The third-order valence-electron chi connectivity index (χ3n) is 4.55. The summed E-state index contributed by atoms with van der Waals surface area (Å²) in [5, 5.41) is 18.8. The number of aliphatic hydroxyl groups excluding tert-OH is 1. The molecule has 1 aliphatic carbocycles. The average molecular weight is 352 g/mol. The number of hydrogen-bond donors (Lipinski definition) is 2. The van der Waals surface area contributed by atoms with Crippen LogP contribution in [-0.2, 0) is 14.6 Å². The van der Waals surface area contributed by atoms with Crippen LogP contribution in [-0.4, -0.2) is 37.5 Å². The minimum absolute atomic E-state index is 0.0923. The topological polar surface area (TPSA) is 91.7 Å². The van der Waals surface area contributed by atoms with Crippen molar-refractivity contribution in [2.24, 2.45) is 5.92 Å². The van der Waals surface area contributed by atoms with Crippen LogP contribution in [0.5, 0.6) is 0 Å². The summed E-state index contributed by atoms with van der Waals surface area (Å²) >= 11 is 0. The number of carboxylic acids is 1. The van der Waals surface area contributed by atoms with Gasteiger partial charge >= 0.3 is 5.97 Å². The van der Waals surface area contributed by atoms with Crippen LogP contribution >= 0.6 is 0 Å². The molecule has 0 heterocycles. The van der Waals surface area contributed by atoms with Crippen molar-refractivity contribution < 1.29 is 23.4 Å². The van der Waals surface area contributed by atoms with E-state index in [-0.39, 0.29) is 29.4 Å². The molecule has 2 N–H and O–H groups in total. The summed E-state index contributed by atoms with van der Waals surface area (Å²) in [5.74, 6) is -0.878. The Hall–Kier alpha value is -1.66. The van der Waals surface area contributed by atoms with Crippen LogP contribution in [0.15, 0.2) is 34.7 Å². The van der Waals surface area contributed by atoms with Crippen LogP contribution in [0.1, 0.15) is 44.1 Å². The summed E-state index contributed by atoms with van der Waals surface area (Å²) in [7, 11) is -3.29. The first-order chi connectivity index (χ1) is 11.3. The summed E-state index contributed by atoms with van der Waals surface area (Å²) in [6.07, 6.45) is 6.35. The molecule has 0 saturated heterocycles. The Morgan fingerprint density at radius 3 is 2.17 bits per heavy atom. The molecule has 0 spiro atoms. The lowest BCUT2D eigenvalue weighted by Gasteiger charge is -2.27. The van der Waals surface area contributed by atoms with Crippen molar-refractivity contribution in [3.05, 3.63) is 35.4 Å². The molecule has 1 aliphatic rings. The van der Waals surface area contributed by atoms with Gasteiger partial charge in [-0.15, -0.1) is 0 Å². The first-order valence-corrected chi connectivity index (χ1v) is 10.1. The van der Waals surface area contributed by atoms with Crippen molar-refractivity contribution in [2.45, 2.75) is 43.4 Å². The standard InChI is InChI=1S/C18H24O5S/c1-24(22,23)15-9-7-14(8-10-15)17(13-5-3-2-4-6-13)16(11-12-19)18(20)21/h7-10,13,19H,2-6,11-12H2,1H3,(H,20,21). The van der Waals surface area contributed by atoms with Gasteiger partial charge in [0.15, 0.2) is 9.84 Å². The molecule has 24 heavy (non-hydrogen) atoms. The fourth-order valence-electron chi connectivity index (χ4n) is 3.40. The maximum absolute atomic E-state index is 11.7. The second kappa shape index (κ2) is 7.94. The zero-order valence-corrected chi connectivity index (χ0v) is 14.7. The van der Waals surface area contributed by atoms with Gasteiger partial charge in [0, 0.05) is 24.9 Å². The molecule has 0 aliphatic heterocycles. The third kappa shape index (κ3) is 4.45. The number of carbonyl (C=O) groups is 1. The number of rotatable bonds is 6. The lowest BCUT2D eigenvalue weighted by Crippen LogP contribution is -2.15. The van der Waals surface area contributed by atoms with E-state index in [9.17, 15) is 23.4 Å². The Balaban J connectivity index is 2.52. The van der Waals surface area contributed by atoms with E-state index >= 15 is 0 Å². The Morgan fingerprint density at radius 2 is 1.71 bits per heavy atom. The quantitative estimate of drug-likeness (QED) is 0.768. The van der Waals surface area contributed by atoms with Gasteiger partial charge in [0.2, 0.25) is 0 Å². The van der Waals surface area contributed by atoms with Gasteiger partial charge in [0.05, 0.1) is 4.90 Å². The van der Waals surface area contributed by atoms with Crippen molar-refractivity contribution in [2.75, 3.05) is 12.9 Å². The molecule has 0 atom stereocenters. The van der Waals surface area contributed by atoms with Gasteiger partial charge in [-0.25, -0.2) is 13.2 Å². The van der Waals surface area contributed by atoms with Crippen LogP contribution in [0.25, 0.3) is 5.57 Å². The first kappa shape index (κ1) is 18.7. The molecule has 2 rings (SSSR count). The zero-order chi connectivity index (χ0) is 17.7. The zero-order valence-electron chi connectivity index (χ0n) is 13.9. The number of aliphatic hydroxyl groups is 1. The van der Waals surface area contributed by atoms with Gasteiger partial charge in [-0.1, -0.05) is 31.4 Å². The van der Waals surface area contributed by atoms with E-state index in [1.807, 2.05) is 0 Å². The van der Waals surface area contributed by atoms with Crippen LogP contribution in [0.4, 0.5) is 0 Å². The summed E-state index contributed by atoms with van der Waals surface area (Å²) in [6, 6.07) is 6.40. The number of carboxylic acid groups (broad SMARTS) is 1. The number of benzene rings is 1. The predicted octanol–water partition coefficient (Wildman–Crippen LogP) is 2.89. The van der Waals surface area contributed by atoms with E-state index in [0.29, 0.717) is 0 Å². The van der Waals surface area contributed by atoms with Gasteiger partial charge in [-0.05, 0) is 42.0 Å². The first-order valence-electron chi connectivity index (χ1n) is 8.22. The van der Waals surface area contributed by atoms with E-state index in [1.165, 1.54) is 12.1 Å². The molecule has 132 valence electrons. The molecule has 0 unspecified atom stereocenters. The molecule has 1 aromatic carbocycles. The highest BCUT2D eigenvalue weighted by Crippen LogP contribution is 2.38. The minimum atomic E-state index is -3.29. The van der Waals surface area contributed by atoms with Crippen LogP contribution < -0.4 is 0 Å². The van der Waals surface area contributed by atoms with Gasteiger partial charge in [0.1, 0.15) is 0 Å². The second-order valence-corrected chi connectivity index (χ2v) is 8.32. The van der Waals surface area contributed by atoms with Crippen molar-refractivity contribution in [1.29, 1.82) is 0 Å². The third-order valence-corrected chi connectivity index (χ3v) is 5.68. The summed E-state index contributed by atoms with van der Waals surface area (Å²) in [4.78, 5) is 11.9. The lowest BCUT2D eigenvalue weighted by atomic mass is 9.78. The van der Waals surface area contributed by atoms with Crippen molar-refractivity contribution in [3.8, 4) is 0 Å². The average Bonchev–Trinajstić information content (AvgIpc) is 2.55. The van der Waals surface area contributed by atoms with Crippen LogP contribution in [0, 0.1) is 5.92 Å². The monoisotopic (exact) mass is 352 g/mol. The van der Waals surface area contributed by atoms with E-state index in [4.69, 9.17) is 0 Å². The Kier molecular flexibility index (Phi) is 6.18.